The normalized spacial score (nSPS) is 10.8. The molecule has 0 atom stereocenters. The van der Waals surface area contributed by atoms with E-state index in [2.05, 4.69) is 15.4 Å². The number of anilines is 1. The van der Waals surface area contributed by atoms with Crippen molar-refractivity contribution in [3.8, 4) is 17.2 Å². The van der Waals surface area contributed by atoms with Crippen molar-refractivity contribution < 1.29 is 14.3 Å². The van der Waals surface area contributed by atoms with Crippen molar-refractivity contribution in [1.29, 1.82) is 0 Å². The molecule has 0 radical (unpaired) electrons. The minimum Gasteiger partial charge on any atom is -0.494 e. The third kappa shape index (κ3) is 3.96. The van der Waals surface area contributed by atoms with E-state index in [0.29, 0.717) is 29.4 Å². The molecule has 7 heteroatoms. The van der Waals surface area contributed by atoms with Gasteiger partial charge in [-0.1, -0.05) is 12.1 Å². The predicted molar refractivity (Wildman–Crippen MR) is 115 cm³/mol. The third-order valence-electron chi connectivity index (χ3n) is 4.62. The van der Waals surface area contributed by atoms with Crippen LogP contribution in [0.25, 0.3) is 11.0 Å². The minimum atomic E-state index is -0.268. The van der Waals surface area contributed by atoms with E-state index in [1.54, 1.807) is 29.1 Å². The van der Waals surface area contributed by atoms with Crippen LogP contribution in [-0.2, 0) is 7.05 Å². The van der Waals surface area contributed by atoms with Crippen LogP contribution in [0, 0.1) is 6.92 Å². The van der Waals surface area contributed by atoms with Crippen molar-refractivity contribution >= 4 is 22.6 Å². The molecule has 0 saturated carbocycles. The smallest absolute Gasteiger partial charge is 0.257 e. The summed E-state index contributed by atoms with van der Waals surface area (Å²) in [6, 6.07) is 16.4. The number of nitrogens with one attached hydrogen (secondary N) is 1. The Morgan fingerprint density at radius 1 is 1.10 bits per heavy atom. The monoisotopic (exact) mass is 402 g/mol. The summed E-state index contributed by atoms with van der Waals surface area (Å²) in [7, 11) is 1.83. The highest BCUT2D eigenvalue weighted by Crippen LogP contribution is 2.30. The van der Waals surface area contributed by atoms with Gasteiger partial charge < -0.3 is 14.8 Å². The van der Waals surface area contributed by atoms with Crippen LogP contribution in [0.5, 0.6) is 17.2 Å². The van der Waals surface area contributed by atoms with E-state index in [-0.39, 0.29) is 5.91 Å². The molecule has 1 amide bonds. The van der Waals surface area contributed by atoms with Crippen molar-refractivity contribution in [3.05, 3.63) is 72.1 Å². The SMILES string of the molecule is CCOc1ccc(Oc2ccccc2NC(=O)c2cnc3c(c2)c(C)nn3C)cc1. The Morgan fingerprint density at radius 3 is 2.60 bits per heavy atom. The van der Waals surface area contributed by atoms with Crippen LogP contribution < -0.4 is 14.8 Å². The largest absolute Gasteiger partial charge is 0.494 e. The Hall–Kier alpha value is -3.87. The number of para-hydroxylation sites is 2. The average Bonchev–Trinajstić information content (AvgIpc) is 3.04. The topological polar surface area (TPSA) is 78.3 Å². The first-order valence-corrected chi connectivity index (χ1v) is 9.65. The second-order valence-electron chi connectivity index (χ2n) is 6.76. The van der Waals surface area contributed by atoms with Gasteiger partial charge in [0.05, 0.1) is 23.6 Å². The molecule has 2 aromatic carbocycles. The van der Waals surface area contributed by atoms with Crippen molar-refractivity contribution in [3.63, 3.8) is 0 Å². The zero-order chi connectivity index (χ0) is 21.1. The van der Waals surface area contributed by atoms with Gasteiger partial charge in [-0.15, -0.1) is 0 Å². The molecule has 0 bridgehead atoms. The van der Waals surface area contributed by atoms with Crippen LogP contribution in [0.3, 0.4) is 0 Å². The Balaban J connectivity index is 1.55. The summed E-state index contributed by atoms with van der Waals surface area (Å²) in [4.78, 5) is 17.2. The maximum Gasteiger partial charge on any atom is 0.257 e. The number of hydrogen-bond donors (Lipinski definition) is 1. The summed E-state index contributed by atoms with van der Waals surface area (Å²) < 4.78 is 13.1. The molecule has 2 aromatic heterocycles. The van der Waals surface area contributed by atoms with Gasteiger partial charge in [0.15, 0.2) is 11.4 Å². The molecular weight excluding hydrogens is 380 g/mol. The lowest BCUT2D eigenvalue weighted by molar-refractivity contribution is 0.102. The van der Waals surface area contributed by atoms with Gasteiger partial charge in [-0.2, -0.15) is 5.10 Å². The molecule has 2 heterocycles. The first kappa shape index (κ1) is 19.4. The van der Waals surface area contributed by atoms with E-state index in [1.807, 2.05) is 57.3 Å². The maximum absolute atomic E-state index is 12.8. The summed E-state index contributed by atoms with van der Waals surface area (Å²) in [5, 5.41) is 8.11. The van der Waals surface area contributed by atoms with Crippen LogP contribution in [0.2, 0.25) is 0 Å². The number of amides is 1. The highest BCUT2D eigenvalue weighted by molar-refractivity contribution is 6.06. The molecular formula is C23H22N4O3. The molecule has 0 fully saturated rings. The van der Waals surface area contributed by atoms with Crippen molar-refractivity contribution in [2.24, 2.45) is 7.05 Å². The standard InChI is InChI=1S/C23H22N4O3/c1-4-29-17-9-11-18(12-10-17)30-21-8-6-5-7-20(21)25-23(28)16-13-19-15(2)26-27(3)22(19)24-14-16/h5-14H,4H2,1-3H3,(H,25,28). The maximum atomic E-state index is 12.8. The Morgan fingerprint density at radius 2 is 1.83 bits per heavy atom. The lowest BCUT2D eigenvalue weighted by Gasteiger charge is -2.13. The molecule has 0 aliphatic carbocycles. The number of aromatic nitrogens is 3. The molecule has 0 spiro atoms. The van der Waals surface area contributed by atoms with E-state index < -0.39 is 0 Å². The summed E-state index contributed by atoms with van der Waals surface area (Å²) in [5.41, 5.74) is 2.59. The van der Waals surface area contributed by atoms with Crippen LogP contribution >= 0.6 is 0 Å². The number of rotatable bonds is 6. The van der Waals surface area contributed by atoms with Crippen LogP contribution in [0.4, 0.5) is 5.69 Å². The van der Waals surface area contributed by atoms with E-state index in [0.717, 1.165) is 22.5 Å². The zero-order valence-corrected chi connectivity index (χ0v) is 17.0. The van der Waals surface area contributed by atoms with E-state index in [4.69, 9.17) is 9.47 Å². The van der Waals surface area contributed by atoms with Gasteiger partial charge in [-0.3, -0.25) is 9.48 Å². The van der Waals surface area contributed by atoms with Crippen LogP contribution in [0.1, 0.15) is 23.0 Å². The molecule has 1 N–H and O–H groups in total. The van der Waals surface area contributed by atoms with E-state index in [9.17, 15) is 4.79 Å². The molecule has 4 aromatic rings. The van der Waals surface area contributed by atoms with Gasteiger partial charge >= 0.3 is 0 Å². The van der Waals surface area contributed by atoms with Crippen LogP contribution in [-0.4, -0.2) is 27.3 Å². The van der Waals surface area contributed by atoms with Crippen molar-refractivity contribution in [2.45, 2.75) is 13.8 Å². The van der Waals surface area contributed by atoms with E-state index in [1.165, 1.54) is 0 Å². The number of hydrogen-bond acceptors (Lipinski definition) is 5. The number of ether oxygens (including phenoxy) is 2. The average molecular weight is 402 g/mol. The third-order valence-corrected chi connectivity index (χ3v) is 4.62. The first-order chi connectivity index (χ1) is 14.5. The Labute approximate surface area is 174 Å². The number of pyridine rings is 1. The second kappa shape index (κ2) is 8.24. The fraction of sp³-hybridized carbons (Fsp3) is 0.174. The van der Waals surface area contributed by atoms with Crippen LogP contribution in [0.15, 0.2) is 60.8 Å². The Bertz CT molecular complexity index is 1200. The number of benzene rings is 2. The molecule has 0 saturated heterocycles. The van der Waals surface area contributed by atoms with Crippen molar-refractivity contribution in [2.75, 3.05) is 11.9 Å². The Kier molecular flexibility index (Phi) is 5.34. The van der Waals surface area contributed by atoms with Gasteiger partial charge in [0.2, 0.25) is 0 Å². The molecule has 152 valence electrons. The predicted octanol–water partition coefficient (Wildman–Crippen LogP) is 4.72. The molecule has 7 nitrogen and oxygen atoms in total. The molecule has 4 rings (SSSR count). The quantitative estimate of drug-likeness (QED) is 0.505. The lowest BCUT2D eigenvalue weighted by Crippen LogP contribution is -2.13. The van der Waals surface area contributed by atoms with Gasteiger partial charge in [0, 0.05) is 18.6 Å². The number of nitrogens with zero attached hydrogens (tertiary/aromatic N) is 3. The highest BCUT2D eigenvalue weighted by Gasteiger charge is 2.14. The van der Waals surface area contributed by atoms with Gasteiger partial charge in [-0.05, 0) is 56.3 Å². The summed E-state index contributed by atoms with van der Waals surface area (Å²) in [6.07, 6.45) is 1.55. The minimum absolute atomic E-state index is 0.268. The number of carbonyl (C=O) groups excluding carboxylic acids is 1. The fourth-order valence-electron chi connectivity index (χ4n) is 3.18. The van der Waals surface area contributed by atoms with E-state index >= 15 is 0 Å². The zero-order valence-electron chi connectivity index (χ0n) is 17.0. The summed E-state index contributed by atoms with van der Waals surface area (Å²) in [5.74, 6) is 1.70. The molecule has 0 aliphatic rings. The lowest BCUT2D eigenvalue weighted by atomic mass is 10.2. The number of aryl methyl sites for hydroxylation is 2. The number of carbonyl (C=O) groups is 1. The van der Waals surface area contributed by atoms with Gasteiger partial charge in [-0.25, -0.2) is 4.98 Å². The summed E-state index contributed by atoms with van der Waals surface area (Å²) >= 11 is 0. The molecule has 0 unspecified atom stereocenters. The second-order valence-corrected chi connectivity index (χ2v) is 6.76. The van der Waals surface area contributed by atoms with Crippen molar-refractivity contribution in [1.82, 2.24) is 14.8 Å². The first-order valence-electron chi connectivity index (χ1n) is 9.65. The summed E-state index contributed by atoms with van der Waals surface area (Å²) in [6.45, 7) is 4.44. The van der Waals surface area contributed by atoms with Gasteiger partial charge in [0.25, 0.3) is 5.91 Å². The highest BCUT2D eigenvalue weighted by atomic mass is 16.5. The fourth-order valence-corrected chi connectivity index (χ4v) is 3.18. The van der Waals surface area contributed by atoms with Gasteiger partial charge in [0.1, 0.15) is 11.5 Å². The number of fused-ring (bicyclic) bond motifs is 1. The molecule has 0 aliphatic heterocycles. The molecule has 30 heavy (non-hydrogen) atoms.